The van der Waals surface area contributed by atoms with Gasteiger partial charge in [-0.1, -0.05) is 12.1 Å². The molecule has 0 heterocycles. The lowest BCUT2D eigenvalue weighted by Gasteiger charge is -2.56. The summed E-state index contributed by atoms with van der Waals surface area (Å²) in [5, 5.41) is 5.60. The fraction of sp³-hybridized carbons (Fsp3) is 0.550. The van der Waals surface area contributed by atoms with Gasteiger partial charge >= 0.3 is 17.8 Å². The van der Waals surface area contributed by atoms with Crippen molar-refractivity contribution >= 4 is 23.5 Å². The van der Waals surface area contributed by atoms with Gasteiger partial charge in [-0.05, 0) is 68.4 Å². The predicted octanol–water partition coefficient (Wildman–Crippen LogP) is 2.50. The maximum Gasteiger partial charge on any atom is 0.339 e. The number of benzene rings is 1. The van der Waals surface area contributed by atoms with E-state index in [-0.39, 0.29) is 16.8 Å². The van der Waals surface area contributed by atoms with Crippen LogP contribution in [-0.2, 0) is 14.3 Å². The molecule has 0 unspecified atom stereocenters. The largest absolute Gasteiger partial charge is 0.465 e. The molecule has 2 N–H and O–H groups in total. The first kappa shape index (κ1) is 17.1. The van der Waals surface area contributed by atoms with E-state index in [1.54, 1.807) is 24.3 Å². The number of rotatable bonds is 3. The molecule has 2 amide bonds. The fourth-order valence-electron chi connectivity index (χ4n) is 5.62. The van der Waals surface area contributed by atoms with Crippen molar-refractivity contribution in [1.82, 2.24) is 5.32 Å². The van der Waals surface area contributed by atoms with Crippen LogP contribution >= 0.6 is 0 Å². The molecular weight excluding hydrogens is 332 g/mol. The average Bonchev–Trinajstić information content (AvgIpc) is 2.60. The van der Waals surface area contributed by atoms with Crippen molar-refractivity contribution in [2.24, 2.45) is 17.8 Å². The van der Waals surface area contributed by atoms with E-state index in [2.05, 4.69) is 10.6 Å². The second-order valence-electron chi connectivity index (χ2n) is 8.14. The second-order valence-corrected chi connectivity index (χ2v) is 8.14. The number of esters is 1. The number of hydrogen-bond acceptors (Lipinski definition) is 4. The van der Waals surface area contributed by atoms with Crippen LogP contribution in [0.2, 0.25) is 0 Å². The van der Waals surface area contributed by atoms with Gasteiger partial charge in [0.1, 0.15) is 0 Å². The molecule has 0 aliphatic heterocycles. The van der Waals surface area contributed by atoms with Gasteiger partial charge in [-0.2, -0.15) is 0 Å². The molecule has 0 aromatic heterocycles. The monoisotopic (exact) mass is 356 g/mol. The first-order valence-corrected chi connectivity index (χ1v) is 9.29. The van der Waals surface area contributed by atoms with Crippen molar-refractivity contribution in [3.8, 4) is 0 Å². The summed E-state index contributed by atoms with van der Waals surface area (Å²) in [6.45, 7) is 0. The predicted molar refractivity (Wildman–Crippen MR) is 95.5 cm³/mol. The zero-order valence-electron chi connectivity index (χ0n) is 14.9. The highest BCUT2D eigenvalue weighted by Gasteiger charge is 2.51. The van der Waals surface area contributed by atoms with Crippen molar-refractivity contribution < 1.29 is 19.1 Å². The molecule has 0 atom stereocenters. The van der Waals surface area contributed by atoms with Crippen LogP contribution in [-0.4, -0.2) is 30.4 Å². The van der Waals surface area contributed by atoms with E-state index in [9.17, 15) is 14.4 Å². The molecule has 4 aliphatic carbocycles. The van der Waals surface area contributed by atoms with Crippen molar-refractivity contribution in [3.05, 3.63) is 29.8 Å². The van der Waals surface area contributed by atoms with Crippen LogP contribution in [0.1, 0.15) is 48.9 Å². The molecule has 4 saturated carbocycles. The van der Waals surface area contributed by atoms with E-state index < -0.39 is 17.8 Å². The first-order chi connectivity index (χ1) is 12.5. The molecule has 4 bridgehead atoms. The number of hydrogen-bond donors (Lipinski definition) is 2. The normalized spacial score (nSPS) is 31.3. The van der Waals surface area contributed by atoms with Crippen LogP contribution in [0.15, 0.2) is 24.3 Å². The first-order valence-electron chi connectivity index (χ1n) is 9.29. The minimum Gasteiger partial charge on any atom is -0.465 e. The Labute approximate surface area is 152 Å². The highest BCUT2D eigenvalue weighted by molar-refractivity contribution is 6.40. The number of nitrogens with one attached hydrogen (secondary N) is 2. The molecule has 0 radical (unpaired) electrons. The summed E-state index contributed by atoms with van der Waals surface area (Å²) in [6.07, 6.45) is 6.76. The molecule has 138 valence electrons. The summed E-state index contributed by atoms with van der Waals surface area (Å²) in [6, 6.07) is 6.51. The third kappa shape index (κ3) is 3.08. The zero-order valence-corrected chi connectivity index (χ0v) is 14.9. The Morgan fingerprint density at radius 3 is 2.12 bits per heavy atom. The fourth-order valence-corrected chi connectivity index (χ4v) is 5.62. The Hall–Kier alpha value is -2.37. The van der Waals surface area contributed by atoms with E-state index in [1.807, 2.05) is 0 Å². The molecule has 0 spiro atoms. The number of ether oxygens (including phenoxy) is 1. The highest BCUT2D eigenvalue weighted by Crippen LogP contribution is 2.55. The maximum absolute atomic E-state index is 12.5. The Balaban J connectivity index is 1.45. The summed E-state index contributed by atoms with van der Waals surface area (Å²) in [7, 11) is 1.28. The smallest absolute Gasteiger partial charge is 0.339 e. The highest BCUT2D eigenvalue weighted by atomic mass is 16.5. The van der Waals surface area contributed by atoms with E-state index in [0.29, 0.717) is 17.8 Å². The van der Waals surface area contributed by atoms with Crippen molar-refractivity contribution in [2.75, 3.05) is 12.4 Å². The number of carbonyl (C=O) groups excluding carboxylic acids is 3. The van der Waals surface area contributed by atoms with E-state index in [0.717, 1.165) is 19.3 Å². The third-order valence-corrected chi connectivity index (χ3v) is 6.20. The summed E-state index contributed by atoms with van der Waals surface area (Å²) in [5.74, 6) is 0.144. The summed E-state index contributed by atoms with van der Waals surface area (Å²) in [5.41, 5.74) is 0.293. The molecule has 5 rings (SSSR count). The summed E-state index contributed by atoms with van der Waals surface area (Å²) < 4.78 is 4.72. The van der Waals surface area contributed by atoms with Gasteiger partial charge in [0.25, 0.3) is 0 Å². The van der Waals surface area contributed by atoms with Crippen LogP contribution in [0, 0.1) is 17.8 Å². The molecule has 4 fully saturated rings. The topological polar surface area (TPSA) is 84.5 Å². The standard InChI is InChI=1S/C20H24N2O4/c1-26-19(25)15-4-2-3-5-16(15)21-17(23)18(24)22-20-9-12-6-13(10-20)8-14(7-12)11-20/h2-5,12-14H,6-11H2,1H3,(H,21,23)(H,22,24). The lowest BCUT2D eigenvalue weighted by Crippen LogP contribution is -2.61. The molecule has 6 heteroatoms. The molecule has 4 aliphatic rings. The minimum atomic E-state index is -0.739. The maximum atomic E-state index is 12.5. The number of carbonyl (C=O) groups is 3. The van der Waals surface area contributed by atoms with Gasteiger partial charge in [0.05, 0.1) is 18.4 Å². The van der Waals surface area contributed by atoms with Crippen LogP contribution in [0.3, 0.4) is 0 Å². The number of amides is 2. The van der Waals surface area contributed by atoms with Gasteiger partial charge in [0, 0.05) is 5.54 Å². The Kier molecular flexibility index (Phi) is 4.21. The number of anilines is 1. The Bertz CT molecular complexity index is 723. The van der Waals surface area contributed by atoms with Crippen LogP contribution in [0.5, 0.6) is 0 Å². The summed E-state index contributed by atoms with van der Waals surface area (Å²) in [4.78, 5) is 36.8. The molecule has 0 saturated heterocycles. The van der Waals surface area contributed by atoms with Gasteiger partial charge in [-0.25, -0.2) is 4.79 Å². The van der Waals surface area contributed by atoms with Gasteiger partial charge in [-0.3, -0.25) is 9.59 Å². The van der Waals surface area contributed by atoms with Crippen molar-refractivity contribution in [1.29, 1.82) is 0 Å². The molecule has 26 heavy (non-hydrogen) atoms. The van der Waals surface area contributed by atoms with E-state index in [4.69, 9.17) is 4.74 Å². The van der Waals surface area contributed by atoms with Crippen molar-refractivity contribution in [3.63, 3.8) is 0 Å². The van der Waals surface area contributed by atoms with Gasteiger partial charge in [0.2, 0.25) is 0 Å². The molecule has 6 nitrogen and oxygen atoms in total. The van der Waals surface area contributed by atoms with Crippen LogP contribution < -0.4 is 10.6 Å². The van der Waals surface area contributed by atoms with Crippen LogP contribution in [0.4, 0.5) is 5.69 Å². The lowest BCUT2D eigenvalue weighted by atomic mass is 9.53. The molecule has 1 aromatic rings. The zero-order chi connectivity index (χ0) is 18.3. The Morgan fingerprint density at radius 1 is 0.962 bits per heavy atom. The summed E-state index contributed by atoms with van der Waals surface area (Å²) >= 11 is 0. The third-order valence-electron chi connectivity index (χ3n) is 6.20. The minimum absolute atomic E-state index is 0.217. The van der Waals surface area contributed by atoms with Crippen molar-refractivity contribution in [2.45, 2.75) is 44.1 Å². The van der Waals surface area contributed by atoms with Gasteiger partial charge in [0.15, 0.2) is 0 Å². The molecular formula is C20H24N2O4. The van der Waals surface area contributed by atoms with Crippen LogP contribution in [0.25, 0.3) is 0 Å². The van der Waals surface area contributed by atoms with E-state index >= 15 is 0 Å². The second kappa shape index (κ2) is 6.41. The lowest BCUT2D eigenvalue weighted by molar-refractivity contribution is -0.139. The van der Waals surface area contributed by atoms with E-state index in [1.165, 1.54) is 26.4 Å². The number of methoxy groups -OCH3 is 1. The van der Waals surface area contributed by atoms with Gasteiger partial charge < -0.3 is 15.4 Å². The van der Waals surface area contributed by atoms with Gasteiger partial charge in [-0.15, -0.1) is 0 Å². The quantitative estimate of drug-likeness (QED) is 0.644. The molecule has 1 aromatic carbocycles. The number of para-hydroxylation sites is 1. The Morgan fingerprint density at radius 2 is 1.54 bits per heavy atom. The average molecular weight is 356 g/mol. The SMILES string of the molecule is COC(=O)c1ccccc1NC(=O)C(=O)NC12CC3CC(CC(C3)C1)C2.